The lowest BCUT2D eigenvalue weighted by Gasteiger charge is -2.25. The fraction of sp³-hybridized carbons (Fsp3) is 0.167. The molecule has 0 saturated heterocycles. The van der Waals surface area contributed by atoms with Crippen molar-refractivity contribution in [2.24, 2.45) is 0 Å². The molecule has 10 heteroatoms. The molecular weight excluding hydrogens is 396 g/mol. The molecule has 0 aliphatic carbocycles. The lowest BCUT2D eigenvalue weighted by atomic mass is 10.2. The smallest absolute Gasteiger partial charge is 0.337 e. The largest absolute Gasteiger partial charge is 0.755 e. The van der Waals surface area contributed by atoms with Crippen molar-refractivity contribution in [3.8, 4) is 5.75 Å². The van der Waals surface area contributed by atoms with Crippen LogP contribution in [0.15, 0.2) is 27.5 Å². The molecule has 0 N–H and O–H groups in total. The molecule has 2 rings (SSSR count). The Hall–Kier alpha value is -1.49. The lowest BCUT2D eigenvalue weighted by molar-refractivity contribution is 0.0600. The maximum Gasteiger partial charge on any atom is 0.337 e. The molecule has 0 spiro atoms. The third-order valence-corrected chi connectivity index (χ3v) is 4.68. The third kappa shape index (κ3) is 3.46. The van der Waals surface area contributed by atoms with Crippen LogP contribution in [0.25, 0.3) is 0 Å². The number of anilines is 2. The maximum atomic E-state index is 11.6. The number of nitrogens with zero attached hydrogens (tertiary/aromatic N) is 2. The minimum atomic E-state index is -2.61. The van der Waals surface area contributed by atoms with Gasteiger partial charge in [-0.2, -0.15) is 0 Å². The Morgan fingerprint density at radius 2 is 2.18 bits per heavy atom. The van der Waals surface area contributed by atoms with Gasteiger partial charge in [-0.1, -0.05) is 0 Å². The van der Waals surface area contributed by atoms with Crippen LogP contribution < -0.4 is 9.04 Å². The van der Waals surface area contributed by atoms with Gasteiger partial charge < -0.3 is 14.0 Å². The monoisotopic (exact) mass is 405 g/mol. The summed E-state index contributed by atoms with van der Waals surface area (Å²) in [6, 6.07) is 4.31. The number of rotatable bonds is 5. The quantitative estimate of drug-likeness (QED) is 0.560. The number of esters is 1. The zero-order valence-corrected chi connectivity index (χ0v) is 14.7. The van der Waals surface area contributed by atoms with E-state index < -0.39 is 17.2 Å². The van der Waals surface area contributed by atoms with E-state index in [0.717, 1.165) is 4.31 Å². The van der Waals surface area contributed by atoms with E-state index in [-0.39, 0.29) is 22.8 Å². The molecule has 0 saturated carbocycles. The lowest BCUT2D eigenvalue weighted by Crippen LogP contribution is -2.20. The standard InChI is InChI=1S/C12H11BrN2O5S2/c1-19-9-5-7(11(16)20-2)3-4-8(9)15(22(17)18)10-6-21-12(13)14-10/h3-6H,1-2H3,(H,17,18)/p-1. The van der Waals surface area contributed by atoms with Gasteiger partial charge in [0.15, 0.2) is 9.73 Å². The molecule has 22 heavy (non-hydrogen) atoms. The first kappa shape index (κ1) is 16.9. The number of carbonyl (C=O) groups excluding carboxylic acids is 1. The van der Waals surface area contributed by atoms with E-state index in [1.165, 1.54) is 43.8 Å². The van der Waals surface area contributed by atoms with E-state index in [1.54, 1.807) is 5.38 Å². The van der Waals surface area contributed by atoms with Gasteiger partial charge in [0.2, 0.25) is 0 Å². The van der Waals surface area contributed by atoms with Gasteiger partial charge in [-0.15, -0.1) is 11.3 Å². The molecule has 1 heterocycles. The van der Waals surface area contributed by atoms with Crippen molar-refractivity contribution in [1.29, 1.82) is 0 Å². The zero-order chi connectivity index (χ0) is 16.3. The second-order valence-electron chi connectivity index (χ2n) is 3.85. The molecule has 1 atom stereocenters. The minimum Gasteiger partial charge on any atom is -0.755 e. The van der Waals surface area contributed by atoms with Crippen LogP contribution >= 0.6 is 27.3 Å². The molecule has 1 aromatic carbocycles. The number of methoxy groups -OCH3 is 2. The molecule has 0 fully saturated rings. The van der Waals surface area contributed by atoms with Crippen LogP contribution in [0.4, 0.5) is 11.5 Å². The first-order valence-electron chi connectivity index (χ1n) is 5.74. The maximum absolute atomic E-state index is 11.6. The molecule has 1 unspecified atom stereocenters. The van der Waals surface area contributed by atoms with E-state index in [0.29, 0.717) is 3.92 Å². The highest BCUT2D eigenvalue weighted by atomic mass is 79.9. The molecule has 7 nitrogen and oxygen atoms in total. The highest BCUT2D eigenvalue weighted by molar-refractivity contribution is 9.11. The van der Waals surface area contributed by atoms with Crippen LogP contribution in [0.3, 0.4) is 0 Å². The van der Waals surface area contributed by atoms with Gasteiger partial charge in [-0.05, 0) is 34.1 Å². The summed E-state index contributed by atoms with van der Waals surface area (Å²) < 4.78 is 34.5. The van der Waals surface area contributed by atoms with Crippen molar-refractivity contribution in [1.82, 2.24) is 4.98 Å². The van der Waals surface area contributed by atoms with Crippen molar-refractivity contribution in [2.45, 2.75) is 0 Å². The number of ether oxygens (including phenoxy) is 2. The molecule has 0 bridgehead atoms. The molecule has 0 amide bonds. The van der Waals surface area contributed by atoms with Crippen LogP contribution in [0.5, 0.6) is 5.75 Å². The van der Waals surface area contributed by atoms with Crippen LogP contribution in [-0.4, -0.2) is 33.9 Å². The highest BCUT2D eigenvalue weighted by Gasteiger charge is 2.19. The van der Waals surface area contributed by atoms with E-state index >= 15 is 0 Å². The van der Waals surface area contributed by atoms with E-state index in [1.807, 2.05) is 0 Å². The molecular formula is C12H10BrN2O5S2-. The minimum absolute atomic E-state index is 0.205. The van der Waals surface area contributed by atoms with Crippen molar-refractivity contribution in [3.05, 3.63) is 33.1 Å². The number of hydrogen-bond acceptors (Lipinski definition) is 7. The van der Waals surface area contributed by atoms with Gasteiger partial charge in [-0.3, -0.25) is 4.21 Å². The van der Waals surface area contributed by atoms with Crippen molar-refractivity contribution in [3.63, 3.8) is 0 Å². The fourth-order valence-corrected chi connectivity index (χ4v) is 3.30. The van der Waals surface area contributed by atoms with Crippen LogP contribution in [-0.2, 0) is 16.0 Å². The first-order chi connectivity index (χ1) is 10.5. The van der Waals surface area contributed by atoms with E-state index in [4.69, 9.17) is 4.74 Å². The summed E-state index contributed by atoms with van der Waals surface area (Å²) in [5, 5.41) is 1.58. The van der Waals surface area contributed by atoms with E-state index in [2.05, 4.69) is 25.7 Å². The molecule has 2 aromatic rings. The second kappa shape index (κ2) is 7.18. The Kier molecular flexibility index (Phi) is 5.51. The van der Waals surface area contributed by atoms with Crippen molar-refractivity contribution < 1.29 is 23.0 Å². The summed E-state index contributed by atoms with van der Waals surface area (Å²) in [5.74, 6) is -0.124. The third-order valence-electron chi connectivity index (χ3n) is 2.64. The fourth-order valence-electron chi connectivity index (χ4n) is 1.71. The van der Waals surface area contributed by atoms with Crippen LogP contribution in [0.2, 0.25) is 0 Å². The number of benzene rings is 1. The Labute approximate surface area is 141 Å². The van der Waals surface area contributed by atoms with Gasteiger partial charge in [0.25, 0.3) is 0 Å². The summed E-state index contributed by atoms with van der Waals surface area (Å²) in [6.07, 6.45) is 0. The molecule has 0 radical (unpaired) electrons. The zero-order valence-electron chi connectivity index (χ0n) is 11.4. The molecule has 0 aliphatic heterocycles. The summed E-state index contributed by atoms with van der Waals surface area (Å²) in [6.45, 7) is 0. The van der Waals surface area contributed by atoms with Gasteiger partial charge in [-0.25, -0.2) is 14.1 Å². The highest BCUT2D eigenvalue weighted by Crippen LogP contribution is 2.36. The van der Waals surface area contributed by atoms with Crippen LogP contribution in [0, 0.1) is 0 Å². The molecule has 0 aliphatic rings. The predicted molar refractivity (Wildman–Crippen MR) is 85.2 cm³/mol. The van der Waals surface area contributed by atoms with E-state index in [9.17, 15) is 13.6 Å². The molecule has 1 aromatic heterocycles. The summed E-state index contributed by atoms with van der Waals surface area (Å²) in [5.41, 5.74) is 0.487. The van der Waals surface area contributed by atoms with Gasteiger partial charge in [0.1, 0.15) is 5.75 Å². The number of carbonyl (C=O) groups is 1. The summed E-state index contributed by atoms with van der Waals surface area (Å²) >= 11 is 1.82. The van der Waals surface area contributed by atoms with Gasteiger partial charge in [0, 0.05) is 5.38 Å². The number of aromatic nitrogens is 1. The topological polar surface area (TPSA) is 91.8 Å². The summed E-state index contributed by atoms with van der Waals surface area (Å²) in [7, 11) is 2.64. The second-order valence-corrected chi connectivity index (χ2v) is 6.78. The number of hydrogen-bond donors (Lipinski definition) is 0. The Morgan fingerprint density at radius 3 is 2.68 bits per heavy atom. The average Bonchev–Trinajstić information content (AvgIpc) is 2.92. The SMILES string of the molecule is COC(=O)c1ccc(N(c2csc(Br)n2)S(=O)[O-])c(OC)c1. The van der Waals surface area contributed by atoms with Crippen LogP contribution in [0.1, 0.15) is 10.4 Å². The molecule has 118 valence electrons. The van der Waals surface area contributed by atoms with Crippen molar-refractivity contribution in [2.75, 3.05) is 18.5 Å². The Balaban J connectivity index is 2.52. The average molecular weight is 406 g/mol. The normalized spacial score (nSPS) is 11.8. The first-order valence-corrected chi connectivity index (χ1v) is 8.45. The predicted octanol–water partition coefficient (Wildman–Crippen LogP) is 2.63. The van der Waals surface area contributed by atoms with Gasteiger partial charge >= 0.3 is 5.97 Å². The van der Waals surface area contributed by atoms with Gasteiger partial charge in [0.05, 0.1) is 36.7 Å². The Morgan fingerprint density at radius 1 is 1.45 bits per heavy atom. The van der Waals surface area contributed by atoms with Crippen molar-refractivity contribution >= 4 is 56.0 Å². The Bertz CT molecular complexity index is 721. The summed E-state index contributed by atoms with van der Waals surface area (Å²) in [4.78, 5) is 15.6. The number of thiazole rings is 1. The number of halogens is 1.